The SMILES string of the molecule is CC.CCC(=O)OCCNC(=O)CCS. The molecule has 0 fully saturated rings. The van der Waals surface area contributed by atoms with Crippen LogP contribution in [0.2, 0.25) is 0 Å². The predicted molar refractivity (Wildman–Crippen MR) is 64.1 cm³/mol. The van der Waals surface area contributed by atoms with Gasteiger partial charge in [0.2, 0.25) is 5.91 Å². The summed E-state index contributed by atoms with van der Waals surface area (Å²) >= 11 is 3.91. The number of carbonyl (C=O) groups excluding carboxylic acids is 2. The average Bonchev–Trinajstić information content (AvgIpc) is 2.27. The molecule has 0 aliphatic carbocycles. The van der Waals surface area contributed by atoms with Gasteiger partial charge in [0.1, 0.15) is 6.61 Å². The van der Waals surface area contributed by atoms with Gasteiger partial charge in [-0.05, 0) is 5.75 Å². The first-order valence-corrected chi connectivity index (χ1v) is 5.87. The molecule has 0 rings (SSSR count). The number of hydrogen-bond donors (Lipinski definition) is 2. The fraction of sp³-hybridized carbons (Fsp3) is 0.800. The molecule has 0 spiro atoms. The maximum atomic E-state index is 10.9. The Labute approximate surface area is 97.2 Å². The Balaban J connectivity index is 0. The number of rotatable bonds is 6. The van der Waals surface area contributed by atoms with Crippen LogP contribution >= 0.6 is 12.6 Å². The topological polar surface area (TPSA) is 55.4 Å². The third-order valence-corrected chi connectivity index (χ3v) is 1.54. The molecule has 0 atom stereocenters. The van der Waals surface area contributed by atoms with E-state index in [1.54, 1.807) is 6.92 Å². The molecule has 4 nitrogen and oxygen atoms in total. The summed E-state index contributed by atoms with van der Waals surface area (Å²) in [5, 5.41) is 2.60. The van der Waals surface area contributed by atoms with E-state index < -0.39 is 0 Å². The van der Waals surface area contributed by atoms with E-state index in [9.17, 15) is 9.59 Å². The fourth-order valence-electron chi connectivity index (χ4n) is 0.647. The average molecular weight is 235 g/mol. The van der Waals surface area contributed by atoms with E-state index in [2.05, 4.69) is 17.9 Å². The first-order valence-electron chi connectivity index (χ1n) is 5.24. The van der Waals surface area contributed by atoms with Crippen LogP contribution in [0.1, 0.15) is 33.6 Å². The van der Waals surface area contributed by atoms with Gasteiger partial charge in [-0.15, -0.1) is 0 Å². The molecule has 1 N–H and O–H groups in total. The zero-order chi connectivity index (χ0) is 12.1. The lowest BCUT2D eigenvalue weighted by Gasteiger charge is -2.04. The zero-order valence-electron chi connectivity index (χ0n) is 9.71. The second kappa shape index (κ2) is 13.3. The van der Waals surface area contributed by atoms with Crippen molar-refractivity contribution in [2.45, 2.75) is 33.6 Å². The quantitative estimate of drug-likeness (QED) is 0.416. The minimum atomic E-state index is -0.247. The lowest BCUT2D eigenvalue weighted by Crippen LogP contribution is -2.27. The number of carbonyl (C=O) groups is 2. The molecule has 0 aromatic heterocycles. The summed E-state index contributed by atoms with van der Waals surface area (Å²) in [5.41, 5.74) is 0. The van der Waals surface area contributed by atoms with Gasteiger partial charge in [0, 0.05) is 12.8 Å². The lowest BCUT2D eigenvalue weighted by atomic mass is 10.4. The highest BCUT2D eigenvalue weighted by atomic mass is 32.1. The highest BCUT2D eigenvalue weighted by Gasteiger charge is 2.00. The number of amides is 1. The Bertz CT molecular complexity index is 174. The van der Waals surface area contributed by atoms with Crippen molar-refractivity contribution < 1.29 is 14.3 Å². The molecule has 0 aromatic carbocycles. The molecule has 0 aromatic rings. The van der Waals surface area contributed by atoms with Crippen LogP contribution in [0.3, 0.4) is 0 Å². The van der Waals surface area contributed by atoms with E-state index in [1.807, 2.05) is 13.8 Å². The first-order chi connectivity index (χ1) is 7.20. The Morgan fingerprint density at radius 2 is 1.93 bits per heavy atom. The monoisotopic (exact) mass is 235 g/mol. The van der Waals surface area contributed by atoms with Gasteiger partial charge in [0.05, 0.1) is 6.54 Å². The fourth-order valence-corrected chi connectivity index (χ4v) is 0.850. The summed E-state index contributed by atoms with van der Waals surface area (Å²) in [6.45, 7) is 6.34. The van der Waals surface area contributed by atoms with Gasteiger partial charge in [-0.25, -0.2) is 0 Å². The molecule has 90 valence electrons. The van der Waals surface area contributed by atoms with Crippen molar-refractivity contribution >= 4 is 24.5 Å². The van der Waals surface area contributed by atoms with Crippen molar-refractivity contribution in [3.63, 3.8) is 0 Å². The second-order valence-corrected chi connectivity index (χ2v) is 2.84. The minimum Gasteiger partial charge on any atom is -0.464 e. The number of esters is 1. The minimum absolute atomic E-state index is 0.0671. The number of thiol groups is 1. The van der Waals surface area contributed by atoms with Crippen molar-refractivity contribution in [3.05, 3.63) is 0 Å². The Morgan fingerprint density at radius 3 is 2.40 bits per heavy atom. The van der Waals surface area contributed by atoms with E-state index in [0.717, 1.165) is 0 Å². The van der Waals surface area contributed by atoms with Crippen molar-refractivity contribution in [2.24, 2.45) is 0 Å². The number of nitrogens with one attached hydrogen (secondary N) is 1. The third-order valence-electron chi connectivity index (χ3n) is 1.31. The van der Waals surface area contributed by atoms with Gasteiger partial charge in [-0.3, -0.25) is 9.59 Å². The van der Waals surface area contributed by atoms with Crippen LogP contribution in [0.15, 0.2) is 0 Å². The molecule has 0 aliphatic rings. The maximum Gasteiger partial charge on any atom is 0.305 e. The van der Waals surface area contributed by atoms with Crippen LogP contribution < -0.4 is 5.32 Å². The van der Waals surface area contributed by atoms with Crippen LogP contribution in [-0.4, -0.2) is 30.8 Å². The number of ether oxygens (including phenoxy) is 1. The van der Waals surface area contributed by atoms with Crippen LogP contribution in [-0.2, 0) is 14.3 Å². The highest BCUT2D eigenvalue weighted by Crippen LogP contribution is 1.85. The molecule has 0 saturated carbocycles. The van der Waals surface area contributed by atoms with Crippen molar-refractivity contribution in [1.82, 2.24) is 5.32 Å². The molecule has 15 heavy (non-hydrogen) atoms. The van der Waals surface area contributed by atoms with Crippen LogP contribution in [0.25, 0.3) is 0 Å². The molecule has 0 aliphatic heterocycles. The number of hydrogen-bond acceptors (Lipinski definition) is 4. The Morgan fingerprint density at radius 1 is 1.33 bits per heavy atom. The third kappa shape index (κ3) is 13.3. The standard InChI is InChI=1S/C8H15NO3S.C2H6/c1-2-8(11)12-5-4-9-7(10)3-6-13;1-2/h13H,2-6H2,1H3,(H,9,10);1-2H3. The summed E-state index contributed by atoms with van der Waals surface area (Å²) in [7, 11) is 0. The smallest absolute Gasteiger partial charge is 0.305 e. The summed E-state index contributed by atoms with van der Waals surface area (Å²) in [6, 6.07) is 0. The van der Waals surface area contributed by atoms with E-state index in [4.69, 9.17) is 4.74 Å². The summed E-state index contributed by atoms with van der Waals surface area (Å²) in [5.74, 6) is 0.214. The maximum absolute atomic E-state index is 10.9. The van der Waals surface area contributed by atoms with Gasteiger partial charge >= 0.3 is 5.97 Å². The normalized spacial score (nSPS) is 8.53. The van der Waals surface area contributed by atoms with E-state index in [0.29, 0.717) is 25.1 Å². The van der Waals surface area contributed by atoms with Gasteiger partial charge in [0.25, 0.3) is 0 Å². The Hall–Kier alpha value is -0.710. The van der Waals surface area contributed by atoms with Crippen molar-refractivity contribution in [2.75, 3.05) is 18.9 Å². The molecule has 0 saturated heterocycles. The van der Waals surface area contributed by atoms with Gasteiger partial charge in [0.15, 0.2) is 0 Å². The molecular formula is C10H21NO3S. The molecule has 0 bridgehead atoms. The molecule has 0 radical (unpaired) electrons. The summed E-state index contributed by atoms with van der Waals surface area (Å²) < 4.78 is 4.75. The largest absolute Gasteiger partial charge is 0.464 e. The van der Waals surface area contributed by atoms with Crippen LogP contribution in [0.5, 0.6) is 0 Å². The van der Waals surface area contributed by atoms with Gasteiger partial charge in [-0.1, -0.05) is 20.8 Å². The van der Waals surface area contributed by atoms with Crippen LogP contribution in [0.4, 0.5) is 0 Å². The lowest BCUT2D eigenvalue weighted by molar-refractivity contribution is -0.143. The second-order valence-electron chi connectivity index (χ2n) is 2.40. The first kappa shape index (κ1) is 16.7. The zero-order valence-corrected chi connectivity index (χ0v) is 10.6. The van der Waals surface area contributed by atoms with Gasteiger partial charge in [-0.2, -0.15) is 12.6 Å². The van der Waals surface area contributed by atoms with Gasteiger partial charge < -0.3 is 10.1 Å². The molecule has 1 amide bonds. The molecular weight excluding hydrogens is 214 g/mol. The molecule has 0 unspecified atom stereocenters. The molecule has 5 heteroatoms. The summed E-state index contributed by atoms with van der Waals surface area (Å²) in [4.78, 5) is 21.5. The van der Waals surface area contributed by atoms with Crippen molar-refractivity contribution in [1.29, 1.82) is 0 Å². The van der Waals surface area contributed by atoms with E-state index >= 15 is 0 Å². The predicted octanol–water partition coefficient (Wildman–Crippen LogP) is 1.40. The molecule has 0 heterocycles. The van der Waals surface area contributed by atoms with Crippen LogP contribution in [0, 0.1) is 0 Å². The van der Waals surface area contributed by atoms with E-state index in [1.165, 1.54) is 0 Å². The van der Waals surface area contributed by atoms with E-state index in [-0.39, 0.29) is 18.5 Å². The Kier molecular flexibility index (Phi) is 14.8. The van der Waals surface area contributed by atoms with Crippen molar-refractivity contribution in [3.8, 4) is 0 Å². The summed E-state index contributed by atoms with van der Waals surface area (Å²) in [6.07, 6.45) is 0.759. The highest BCUT2D eigenvalue weighted by molar-refractivity contribution is 7.80.